The minimum atomic E-state index is -0.447. The van der Waals surface area contributed by atoms with Crippen LogP contribution >= 0.6 is 34.5 Å². The highest BCUT2D eigenvalue weighted by Gasteiger charge is 2.57. The van der Waals surface area contributed by atoms with Crippen LogP contribution in [0.15, 0.2) is 0 Å². The highest BCUT2D eigenvalue weighted by atomic mass is 35.5. The molecule has 0 aromatic carbocycles. The van der Waals surface area contributed by atoms with Gasteiger partial charge in [-0.3, -0.25) is 9.59 Å². The smallest absolute Gasteiger partial charge is 0.269 e. The molecule has 4 N–H and O–H groups in total. The molecule has 0 spiro atoms. The van der Waals surface area contributed by atoms with Crippen LogP contribution in [0.1, 0.15) is 31.5 Å². The van der Waals surface area contributed by atoms with E-state index < -0.39 is 5.91 Å². The maximum absolute atomic E-state index is 12.4. The minimum Gasteiger partial charge on any atom is -0.365 e. The van der Waals surface area contributed by atoms with Crippen molar-refractivity contribution in [2.24, 2.45) is 17.6 Å². The minimum absolute atomic E-state index is 0.119. The SMILES string of the molecule is Cc1nc(N2C[C@@H]3[C@H](C2)[C@@H]3NC(=O)c2[nH]c(C)c(Cl)c2Cl)sc1C(N)=O. The van der Waals surface area contributed by atoms with E-state index in [1.165, 1.54) is 11.3 Å². The zero-order valence-corrected chi connectivity index (χ0v) is 16.4. The van der Waals surface area contributed by atoms with Crippen LogP contribution in [0, 0.1) is 25.7 Å². The Morgan fingerprint density at radius 1 is 1.27 bits per heavy atom. The van der Waals surface area contributed by atoms with E-state index in [0.717, 1.165) is 18.2 Å². The second-order valence-corrected chi connectivity index (χ2v) is 8.49. The summed E-state index contributed by atoms with van der Waals surface area (Å²) in [6.45, 7) is 5.14. The zero-order valence-electron chi connectivity index (χ0n) is 14.1. The van der Waals surface area contributed by atoms with E-state index >= 15 is 0 Å². The number of carbonyl (C=O) groups is 2. The molecule has 2 aromatic heterocycles. The number of nitrogens with two attached hydrogens (primary N) is 1. The van der Waals surface area contributed by atoms with Gasteiger partial charge in [-0.15, -0.1) is 0 Å². The molecule has 7 nitrogen and oxygen atoms in total. The molecule has 138 valence electrons. The predicted octanol–water partition coefficient (Wildman–Crippen LogP) is 2.36. The number of anilines is 1. The van der Waals surface area contributed by atoms with Gasteiger partial charge in [-0.05, 0) is 13.8 Å². The quantitative estimate of drug-likeness (QED) is 0.715. The molecular formula is C16H17Cl2N5O2S. The Hall–Kier alpha value is -1.77. The summed E-state index contributed by atoms with van der Waals surface area (Å²) in [5.41, 5.74) is 7.00. The van der Waals surface area contributed by atoms with E-state index in [0.29, 0.717) is 38.8 Å². The average Bonchev–Trinajstić information content (AvgIpc) is 2.97. The molecular weight excluding hydrogens is 397 g/mol. The fourth-order valence-corrected chi connectivity index (χ4v) is 4.95. The molecule has 2 amide bonds. The number of piperidine rings is 1. The number of aryl methyl sites for hydroxylation is 2. The number of aromatic amines is 1. The maximum atomic E-state index is 12.4. The normalized spacial score (nSPS) is 23.8. The van der Waals surface area contributed by atoms with Gasteiger partial charge in [-0.1, -0.05) is 34.5 Å². The number of aromatic nitrogens is 2. The van der Waals surface area contributed by atoms with Crippen LogP contribution in [0.3, 0.4) is 0 Å². The number of thiazole rings is 1. The Bertz CT molecular complexity index is 912. The molecule has 1 aliphatic carbocycles. The lowest BCUT2D eigenvalue weighted by Gasteiger charge is -2.19. The Morgan fingerprint density at radius 2 is 1.92 bits per heavy atom. The fraction of sp³-hybridized carbons (Fsp3) is 0.438. The number of hydrogen-bond donors (Lipinski definition) is 3. The molecule has 0 radical (unpaired) electrons. The molecule has 2 fully saturated rings. The maximum Gasteiger partial charge on any atom is 0.269 e. The van der Waals surface area contributed by atoms with Gasteiger partial charge >= 0.3 is 0 Å². The van der Waals surface area contributed by atoms with E-state index in [-0.39, 0.29) is 17.0 Å². The van der Waals surface area contributed by atoms with Gasteiger partial charge in [0.05, 0.1) is 15.7 Å². The highest BCUT2D eigenvalue weighted by molar-refractivity contribution is 7.17. The first-order valence-electron chi connectivity index (χ1n) is 8.14. The van der Waals surface area contributed by atoms with Crippen LogP contribution in [0.5, 0.6) is 0 Å². The third-order valence-electron chi connectivity index (χ3n) is 5.05. The van der Waals surface area contributed by atoms with Gasteiger partial charge in [0.2, 0.25) is 0 Å². The number of rotatable bonds is 4. The van der Waals surface area contributed by atoms with Gasteiger partial charge in [0, 0.05) is 36.7 Å². The standard InChI is InChI=1S/C16H17Cl2N5O2S/c1-5-9(17)10(18)12(20-5)15(25)22-11-7-3-23(4-8(7)11)16-21-6(2)13(26-16)14(19)24/h7-8,11,20H,3-4H2,1-2H3,(H2,19,24)(H,22,25)/t7-,8+,11-. The van der Waals surface area contributed by atoms with Crippen molar-refractivity contribution in [3.63, 3.8) is 0 Å². The zero-order chi connectivity index (χ0) is 18.7. The van der Waals surface area contributed by atoms with Crippen molar-refractivity contribution < 1.29 is 9.59 Å². The number of carbonyl (C=O) groups excluding carboxylic acids is 2. The van der Waals surface area contributed by atoms with Crippen LogP contribution in [-0.2, 0) is 0 Å². The monoisotopic (exact) mass is 413 g/mol. The number of nitrogens with one attached hydrogen (secondary N) is 2. The first-order valence-corrected chi connectivity index (χ1v) is 9.71. The topological polar surface area (TPSA) is 104 Å². The van der Waals surface area contributed by atoms with Gasteiger partial charge in [0.15, 0.2) is 5.13 Å². The summed E-state index contributed by atoms with van der Waals surface area (Å²) in [4.78, 5) is 33.8. The number of fused-ring (bicyclic) bond motifs is 1. The highest BCUT2D eigenvalue weighted by Crippen LogP contribution is 2.47. The lowest BCUT2D eigenvalue weighted by Crippen LogP contribution is -2.34. The molecule has 0 unspecified atom stereocenters. The molecule has 2 aliphatic rings. The average molecular weight is 414 g/mol. The molecule has 26 heavy (non-hydrogen) atoms. The van der Waals surface area contributed by atoms with E-state index in [9.17, 15) is 9.59 Å². The van der Waals surface area contributed by atoms with Crippen molar-refractivity contribution in [1.82, 2.24) is 15.3 Å². The first kappa shape index (κ1) is 17.6. The number of halogens is 2. The molecule has 0 bridgehead atoms. The van der Waals surface area contributed by atoms with Crippen molar-refractivity contribution in [3.05, 3.63) is 32.0 Å². The largest absolute Gasteiger partial charge is 0.365 e. The molecule has 2 aromatic rings. The van der Waals surface area contributed by atoms with E-state index in [1.807, 2.05) is 0 Å². The van der Waals surface area contributed by atoms with Crippen LogP contribution < -0.4 is 16.0 Å². The van der Waals surface area contributed by atoms with E-state index in [2.05, 4.69) is 20.2 Å². The lowest BCUT2D eigenvalue weighted by molar-refractivity contribution is 0.0941. The fourth-order valence-electron chi connectivity index (χ4n) is 3.59. The van der Waals surface area contributed by atoms with Crippen molar-refractivity contribution in [2.45, 2.75) is 19.9 Å². The Balaban J connectivity index is 1.39. The molecule has 1 aliphatic heterocycles. The second kappa shape index (κ2) is 6.14. The predicted molar refractivity (Wildman–Crippen MR) is 101 cm³/mol. The van der Waals surface area contributed by atoms with Gasteiger partial charge in [-0.25, -0.2) is 4.98 Å². The number of H-pyrrole nitrogens is 1. The lowest BCUT2D eigenvalue weighted by atomic mass is 10.3. The number of primary amides is 1. The Morgan fingerprint density at radius 3 is 2.42 bits per heavy atom. The van der Waals surface area contributed by atoms with Crippen LogP contribution in [0.25, 0.3) is 0 Å². The third-order valence-corrected chi connectivity index (χ3v) is 7.23. The molecule has 4 rings (SSSR count). The van der Waals surface area contributed by atoms with Crippen molar-refractivity contribution >= 4 is 51.5 Å². The number of nitrogens with zero attached hydrogens (tertiary/aromatic N) is 2. The van der Waals surface area contributed by atoms with E-state index in [4.69, 9.17) is 28.9 Å². The van der Waals surface area contributed by atoms with Crippen molar-refractivity contribution in [1.29, 1.82) is 0 Å². The van der Waals surface area contributed by atoms with Gasteiger partial charge in [0.25, 0.3) is 11.8 Å². The first-order chi connectivity index (χ1) is 12.3. The number of hydrogen-bond acceptors (Lipinski definition) is 5. The van der Waals surface area contributed by atoms with Crippen LogP contribution in [0.4, 0.5) is 5.13 Å². The Kier molecular flexibility index (Phi) is 4.17. The van der Waals surface area contributed by atoms with Crippen LogP contribution in [-0.4, -0.2) is 40.9 Å². The van der Waals surface area contributed by atoms with Gasteiger partial charge in [-0.2, -0.15) is 0 Å². The summed E-state index contributed by atoms with van der Waals surface area (Å²) in [5, 5.41) is 4.47. The second-order valence-electron chi connectivity index (χ2n) is 6.76. The van der Waals surface area contributed by atoms with Gasteiger partial charge < -0.3 is 20.9 Å². The molecule has 1 saturated carbocycles. The van der Waals surface area contributed by atoms with Gasteiger partial charge in [0.1, 0.15) is 10.6 Å². The van der Waals surface area contributed by atoms with Crippen LogP contribution in [0.2, 0.25) is 10.0 Å². The Labute approximate surface area is 163 Å². The molecule has 1 saturated heterocycles. The summed E-state index contributed by atoms with van der Waals surface area (Å²) in [6, 6.07) is 0.119. The summed E-state index contributed by atoms with van der Waals surface area (Å²) >= 11 is 13.4. The third kappa shape index (κ3) is 2.76. The number of amides is 2. The molecule has 10 heteroatoms. The summed E-state index contributed by atoms with van der Waals surface area (Å²) in [6.07, 6.45) is 0. The molecule has 3 heterocycles. The van der Waals surface area contributed by atoms with Crippen molar-refractivity contribution in [2.75, 3.05) is 18.0 Å². The molecule has 3 atom stereocenters. The van der Waals surface area contributed by atoms with E-state index in [1.54, 1.807) is 13.8 Å². The summed E-state index contributed by atoms with van der Waals surface area (Å²) < 4.78 is 0. The summed E-state index contributed by atoms with van der Waals surface area (Å²) in [5.74, 6) is 0.0468. The van der Waals surface area contributed by atoms with Crippen molar-refractivity contribution in [3.8, 4) is 0 Å². The summed E-state index contributed by atoms with van der Waals surface area (Å²) in [7, 11) is 0.